The van der Waals surface area contributed by atoms with Crippen LogP contribution in [0.1, 0.15) is 64.0 Å². The fraction of sp³-hybridized carbons (Fsp3) is 0.333. The zero-order chi connectivity index (χ0) is 22.7. The molecule has 2 aromatic rings. The van der Waals surface area contributed by atoms with E-state index in [1.54, 1.807) is 27.1 Å². The molecular formula is C30H37SiZr. The summed E-state index contributed by atoms with van der Waals surface area (Å²) in [6, 6.07) is 18.7. The van der Waals surface area contributed by atoms with Gasteiger partial charge in [0.1, 0.15) is 0 Å². The molecule has 2 heteroatoms. The van der Waals surface area contributed by atoms with Gasteiger partial charge in [0.25, 0.3) is 0 Å². The van der Waals surface area contributed by atoms with Crippen molar-refractivity contribution >= 4 is 16.3 Å². The second-order valence-corrected chi connectivity index (χ2v) is 24.0. The van der Waals surface area contributed by atoms with Crippen molar-refractivity contribution < 1.29 is 20.9 Å². The van der Waals surface area contributed by atoms with Gasteiger partial charge in [-0.1, -0.05) is 0 Å². The van der Waals surface area contributed by atoms with E-state index in [2.05, 4.69) is 101 Å². The zero-order valence-corrected chi connectivity index (χ0v) is 24.1. The molecule has 0 atom stereocenters. The fourth-order valence-electron chi connectivity index (χ4n) is 5.81. The Morgan fingerprint density at radius 1 is 0.781 bits per heavy atom. The summed E-state index contributed by atoms with van der Waals surface area (Å²) in [6.45, 7) is 11.9. The molecule has 0 nitrogen and oxygen atoms in total. The van der Waals surface area contributed by atoms with Gasteiger partial charge in [-0.3, -0.25) is 0 Å². The van der Waals surface area contributed by atoms with E-state index in [0.29, 0.717) is 0 Å². The topological polar surface area (TPSA) is 0 Å². The van der Waals surface area contributed by atoms with Crippen molar-refractivity contribution in [2.24, 2.45) is 0 Å². The number of allylic oxidation sites excluding steroid dienone is 8. The van der Waals surface area contributed by atoms with E-state index in [1.165, 1.54) is 43.2 Å². The molecule has 0 radical (unpaired) electrons. The van der Waals surface area contributed by atoms with Crippen molar-refractivity contribution in [3.8, 4) is 0 Å². The number of hydrogen-bond donors (Lipinski definition) is 0. The van der Waals surface area contributed by atoms with Crippen LogP contribution in [0.15, 0.2) is 90.0 Å². The third kappa shape index (κ3) is 4.46. The average molecular weight is 517 g/mol. The molecule has 0 amide bonds. The number of benzene rings is 2. The molecule has 2 aliphatic carbocycles. The first-order valence-electron chi connectivity index (χ1n) is 12.4. The van der Waals surface area contributed by atoms with Gasteiger partial charge >= 0.3 is 205 Å². The quantitative estimate of drug-likeness (QED) is 0.339. The molecule has 32 heavy (non-hydrogen) atoms. The van der Waals surface area contributed by atoms with E-state index in [0.717, 1.165) is 0 Å². The second-order valence-electron chi connectivity index (χ2n) is 9.16. The van der Waals surface area contributed by atoms with E-state index >= 15 is 0 Å². The molecule has 0 N–H and O–H groups in total. The molecule has 0 aromatic heterocycles. The average Bonchev–Trinajstić information content (AvgIpc) is 3.46. The van der Waals surface area contributed by atoms with E-state index in [4.69, 9.17) is 0 Å². The van der Waals surface area contributed by atoms with E-state index in [9.17, 15) is 0 Å². The molecule has 0 aliphatic heterocycles. The monoisotopic (exact) mass is 515 g/mol. The zero-order valence-electron chi connectivity index (χ0n) is 20.5. The molecule has 0 heterocycles. The van der Waals surface area contributed by atoms with Crippen LogP contribution in [0.25, 0.3) is 0 Å². The minimum absolute atomic E-state index is 1.19. The second kappa shape index (κ2) is 10.6. The van der Waals surface area contributed by atoms with Gasteiger partial charge in [-0.05, 0) is 0 Å². The number of aryl methyl sites for hydroxylation is 2. The summed E-state index contributed by atoms with van der Waals surface area (Å²) in [4.78, 5) is 0. The molecule has 0 bridgehead atoms. The Balaban J connectivity index is 1.97. The molecule has 0 fully saturated rings. The molecular weight excluding hydrogens is 480 g/mol. The Kier molecular flexibility index (Phi) is 7.85. The van der Waals surface area contributed by atoms with Crippen LogP contribution in [0.4, 0.5) is 0 Å². The molecule has 0 unspecified atom stereocenters. The maximum atomic E-state index is 2.53. The van der Waals surface area contributed by atoms with Crippen molar-refractivity contribution in [3.63, 3.8) is 0 Å². The number of hydrogen-bond acceptors (Lipinski definition) is 0. The molecule has 0 saturated carbocycles. The standard InChI is InChI=1S/C14H15Si.C11H17.C5H5.Zr/c1-11-7-3-5-9-13(11)15-14-10-6-4-8-12(14)2;1-4-9-7-8-10(5-2)11(9)6-3;1-2-4-5-3-1;/h3-10,15H,1-2H3;4-7H2,1-3H3;1-3H,4H2;. The Labute approximate surface area is 204 Å². The molecule has 0 spiro atoms. The molecule has 0 saturated heterocycles. The first-order valence-corrected chi connectivity index (χ1v) is 20.8. The predicted molar refractivity (Wildman–Crippen MR) is 140 cm³/mol. The van der Waals surface area contributed by atoms with Crippen molar-refractivity contribution in [2.75, 3.05) is 0 Å². The van der Waals surface area contributed by atoms with E-state index in [1.807, 2.05) is 6.56 Å². The van der Waals surface area contributed by atoms with Crippen LogP contribution < -0.4 is 10.4 Å². The van der Waals surface area contributed by atoms with Gasteiger partial charge in [0.2, 0.25) is 0 Å². The van der Waals surface area contributed by atoms with Gasteiger partial charge in [-0.15, -0.1) is 0 Å². The maximum absolute atomic E-state index is 2.53. The summed E-state index contributed by atoms with van der Waals surface area (Å²) in [5.74, 6) is -1.38. The summed E-state index contributed by atoms with van der Waals surface area (Å²) >= 11 is -2.17. The Morgan fingerprint density at radius 3 is 1.84 bits per heavy atom. The SMILES string of the molecule is CCC1=C(CC)C(CC)=[C]([Zr]([C]2=CC=CC2)[SiH](c2ccccc2C)c2ccccc2C)C1. The number of rotatable bonds is 8. The first-order chi connectivity index (χ1) is 15.6. The van der Waals surface area contributed by atoms with Crippen LogP contribution in [0.5, 0.6) is 0 Å². The van der Waals surface area contributed by atoms with Gasteiger partial charge in [-0.25, -0.2) is 0 Å². The Bertz CT molecular complexity index is 1070. The van der Waals surface area contributed by atoms with Crippen molar-refractivity contribution in [1.29, 1.82) is 0 Å². The van der Waals surface area contributed by atoms with Gasteiger partial charge < -0.3 is 0 Å². The van der Waals surface area contributed by atoms with Crippen LogP contribution in [-0.2, 0) is 20.9 Å². The normalized spacial score (nSPS) is 15.9. The van der Waals surface area contributed by atoms with Crippen LogP contribution in [0.3, 0.4) is 0 Å². The van der Waals surface area contributed by atoms with Crippen molar-refractivity contribution in [1.82, 2.24) is 0 Å². The summed E-state index contributed by atoms with van der Waals surface area (Å²) in [6.07, 6.45) is 13.4. The van der Waals surface area contributed by atoms with Gasteiger partial charge in [-0.2, -0.15) is 0 Å². The van der Waals surface area contributed by atoms with Crippen molar-refractivity contribution in [2.45, 2.75) is 66.7 Å². The van der Waals surface area contributed by atoms with Gasteiger partial charge in [0, 0.05) is 0 Å². The summed E-state index contributed by atoms with van der Waals surface area (Å²) < 4.78 is 3.78. The summed E-state index contributed by atoms with van der Waals surface area (Å²) in [5.41, 5.74) is 8.25. The van der Waals surface area contributed by atoms with Crippen LogP contribution in [0, 0.1) is 13.8 Å². The molecule has 165 valence electrons. The van der Waals surface area contributed by atoms with E-state index in [-0.39, 0.29) is 0 Å². The Morgan fingerprint density at radius 2 is 1.38 bits per heavy atom. The van der Waals surface area contributed by atoms with Crippen molar-refractivity contribution in [3.05, 3.63) is 101 Å². The van der Waals surface area contributed by atoms with Gasteiger partial charge in [0.15, 0.2) is 0 Å². The summed E-state index contributed by atoms with van der Waals surface area (Å²) in [7, 11) is 0. The fourth-order valence-corrected chi connectivity index (χ4v) is 31.8. The summed E-state index contributed by atoms with van der Waals surface area (Å²) in [5, 5.41) is 3.41. The Hall–Kier alpha value is -1.50. The third-order valence-electron chi connectivity index (χ3n) is 7.41. The van der Waals surface area contributed by atoms with Crippen LogP contribution >= 0.6 is 0 Å². The molecule has 2 aromatic carbocycles. The first kappa shape index (κ1) is 23.7. The predicted octanol–water partition coefficient (Wildman–Crippen LogP) is 6.79. The van der Waals surface area contributed by atoms with E-state index < -0.39 is 26.8 Å². The molecule has 4 rings (SSSR count). The van der Waals surface area contributed by atoms with Gasteiger partial charge in [0.05, 0.1) is 0 Å². The minimum atomic E-state index is -2.17. The van der Waals surface area contributed by atoms with Crippen LogP contribution in [-0.4, -0.2) is 5.92 Å². The van der Waals surface area contributed by atoms with Crippen LogP contribution in [0.2, 0.25) is 0 Å². The molecule has 2 aliphatic rings. The third-order valence-corrected chi connectivity index (χ3v) is 29.0.